The second-order valence-corrected chi connectivity index (χ2v) is 6.57. The van der Waals surface area contributed by atoms with Crippen LogP contribution in [0.2, 0.25) is 0 Å². The number of nitrogens with one attached hydrogen (secondary N) is 1. The molecular weight excluding hydrogens is 322 g/mol. The van der Waals surface area contributed by atoms with Gasteiger partial charge >= 0.3 is 0 Å². The molecule has 0 saturated carbocycles. The number of likely N-dealkylation sites (tertiary alicyclic amines) is 1. The molecule has 0 spiro atoms. The van der Waals surface area contributed by atoms with E-state index in [1.54, 1.807) is 0 Å². The average Bonchev–Trinajstić information content (AvgIpc) is 3.09. The van der Waals surface area contributed by atoms with Crippen molar-refractivity contribution < 1.29 is 13.6 Å². The van der Waals surface area contributed by atoms with Gasteiger partial charge in [-0.15, -0.1) is 0 Å². The molecule has 0 bridgehead atoms. The van der Waals surface area contributed by atoms with Gasteiger partial charge in [0, 0.05) is 42.9 Å². The number of carbonyl (C=O) groups excluding carboxylic acids is 1. The van der Waals surface area contributed by atoms with Crippen LogP contribution in [-0.2, 0) is 0 Å². The van der Waals surface area contributed by atoms with Crippen molar-refractivity contribution in [3.8, 4) is 0 Å². The van der Waals surface area contributed by atoms with Gasteiger partial charge in [-0.2, -0.15) is 0 Å². The van der Waals surface area contributed by atoms with Gasteiger partial charge in [0.15, 0.2) is 0 Å². The van der Waals surface area contributed by atoms with Gasteiger partial charge in [0.25, 0.3) is 5.91 Å². The highest BCUT2D eigenvalue weighted by atomic mass is 19.1. The first-order valence-electron chi connectivity index (χ1n) is 8.57. The van der Waals surface area contributed by atoms with Crippen LogP contribution >= 0.6 is 0 Å². The predicted molar refractivity (Wildman–Crippen MR) is 93.2 cm³/mol. The van der Waals surface area contributed by atoms with Gasteiger partial charge < -0.3 is 10.2 Å². The lowest BCUT2D eigenvalue weighted by molar-refractivity contribution is 0.0787. The summed E-state index contributed by atoms with van der Waals surface area (Å²) < 4.78 is 26.8. The Kier molecular flexibility index (Phi) is 5.43. The van der Waals surface area contributed by atoms with Crippen LogP contribution < -0.4 is 5.32 Å². The van der Waals surface area contributed by atoms with E-state index in [-0.39, 0.29) is 11.9 Å². The molecule has 25 heavy (non-hydrogen) atoms. The number of benzene rings is 2. The highest BCUT2D eigenvalue weighted by Crippen LogP contribution is 2.21. The van der Waals surface area contributed by atoms with Gasteiger partial charge in [-0.1, -0.05) is 24.3 Å². The van der Waals surface area contributed by atoms with Crippen LogP contribution in [-0.4, -0.2) is 30.4 Å². The zero-order valence-electron chi connectivity index (χ0n) is 14.2. The fourth-order valence-corrected chi connectivity index (χ4v) is 3.25. The summed E-state index contributed by atoms with van der Waals surface area (Å²) in [6, 6.07) is 12.7. The number of amides is 1. The van der Waals surface area contributed by atoms with Gasteiger partial charge in [-0.25, -0.2) is 8.78 Å². The maximum atomic E-state index is 13.8. The van der Waals surface area contributed by atoms with Gasteiger partial charge in [0.1, 0.15) is 11.6 Å². The average molecular weight is 344 g/mol. The summed E-state index contributed by atoms with van der Waals surface area (Å²) in [6.45, 7) is 3.98. The highest BCUT2D eigenvalue weighted by molar-refractivity contribution is 5.94. The fraction of sp³-hybridized carbons (Fsp3) is 0.350. The monoisotopic (exact) mass is 344 g/mol. The van der Waals surface area contributed by atoms with Crippen LogP contribution in [0.25, 0.3) is 0 Å². The largest absolute Gasteiger partial charge is 0.338 e. The molecule has 1 saturated heterocycles. The lowest BCUT2D eigenvalue weighted by Gasteiger charge is -2.19. The minimum Gasteiger partial charge on any atom is -0.338 e. The molecule has 2 atom stereocenters. The number of nitrogens with zero attached hydrogens (tertiary/aromatic N) is 1. The Morgan fingerprint density at radius 1 is 1.24 bits per heavy atom. The second-order valence-electron chi connectivity index (χ2n) is 6.57. The molecule has 3 rings (SSSR count). The first kappa shape index (κ1) is 17.5. The SMILES string of the molecule is C[C@@H](NC[C@@H]1CCN(C(=O)c2ccccc2)C1)c1ccc(F)cc1F. The molecule has 1 amide bonds. The first-order chi connectivity index (χ1) is 12.0. The molecule has 2 aromatic rings. The standard InChI is InChI=1S/C20H22F2N2O/c1-14(18-8-7-17(21)11-19(18)22)23-12-15-9-10-24(13-15)20(25)16-5-3-2-4-6-16/h2-8,11,14-15,23H,9-10,12-13H2,1H3/t14-,15+/m1/s1. The third-order valence-corrected chi connectivity index (χ3v) is 4.74. The maximum Gasteiger partial charge on any atom is 0.253 e. The minimum absolute atomic E-state index is 0.0562. The van der Waals surface area contributed by atoms with Crippen molar-refractivity contribution in [2.75, 3.05) is 19.6 Å². The van der Waals surface area contributed by atoms with Gasteiger partial charge in [0.05, 0.1) is 0 Å². The van der Waals surface area contributed by atoms with Crippen molar-refractivity contribution in [2.24, 2.45) is 5.92 Å². The molecule has 1 heterocycles. The van der Waals surface area contributed by atoms with Crippen LogP contribution in [0, 0.1) is 17.6 Å². The number of rotatable bonds is 5. The molecule has 0 unspecified atom stereocenters. The summed E-state index contributed by atoms with van der Waals surface area (Å²) in [5.41, 5.74) is 1.16. The molecule has 2 aromatic carbocycles. The molecule has 1 aliphatic rings. The smallest absolute Gasteiger partial charge is 0.253 e. The fourth-order valence-electron chi connectivity index (χ4n) is 3.25. The molecule has 3 nitrogen and oxygen atoms in total. The molecule has 5 heteroatoms. The highest BCUT2D eigenvalue weighted by Gasteiger charge is 2.27. The Morgan fingerprint density at radius 3 is 2.72 bits per heavy atom. The maximum absolute atomic E-state index is 13.8. The number of hydrogen-bond donors (Lipinski definition) is 1. The molecule has 1 fully saturated rings. The summed E-state index contributed by atoms with van der Waals surface area (Å²) in [4.78, 5) is 14.3. The minimum atomic E-state index is -0.570. The normalized spacial score (nSPS) is 18.4. The van der Waals surface area contributed by atoms with Crippen LogP contribution in [0.4, 0.5) is 8.78 Å². The lowest BCUT2D eigenvalue weighted by atomic mass is 10.1. The van der Waals surface area contributed by atoms with Gasteiger partial charge in [-0.05, 0) is 37.5 Å². The van der Waals surface area contributed by atoms with Crippen molar-refractivity contribution in [1.29, 1.82) is 0 Å². The Morgan fingerprint density at radius 2 is 2.00 bits per heavy atom. The molecule has 1 aliphatic heterocycles. The van der Waals surface area contributed by atoms with E-state index in [1.165, 1.54) is 12.1 Å². The van der Waals surface area contributed by atoms with E-state index >= 15 is 0 Å². The summed E-state index contributed by atoms with van der Waals surface area (Å²) in [5.74, 6) is -0.717. The Hall–Kier alpha value is -2.27. The molecule has 0 radical (unpaired) electrons. The zero-order valence-corrected chi connectivity index (χ0v) is 14.2. The third kappa shape index (κ3) is 4.23. The molecule has 0 aromatic heterocycles. The number of halogens is 2. The van der Waals surface area contributed by atoms with E-state index in [9.17, 15) is 13.6 Å². The quantitative estimate of drug-likeness (QED) is 0.895. The van der Waals surface area contributed by atoms with Crippen LogP contribution in [0.1, 0.15) is 35.3 Å². The lowest BCUT2D eigenvalue weighted by Crippen LogP contribution is -2.31. The second kappa shape index (κ2) is 7.74. The summed E-state index contributed by atoms with van der Waals surface area (Å²) in [5, 5.41) is 3.30. The van der Waals surface area contributed by atoms with Gasteiger partial charge in [0.2, 0.25) is 0 Å². The topological polar surface area (TPSA) is 32.3 Å². The van der Waals surface area contributed by atoms with Gasteiger partial charge in [-0.3, -0.25) is 4.79 Å². The summed E-state index contributed by atoms with van der Waals surface area (Å²) >= 11 is 0. The van der Waals surface area contributed by atoms with E-state index in [4.69, 9.17) is 0 Å². The number of carbonyl (C=O) groups is 1. The summed E-state index contributed by atoms with van der Waals surface area (Å²) in [7, 11) is 0. The van der Waals surface area contributed by atoms with Crippen molar-refractivity contribution in [3.63, 3.8) is 0 Å². The van der Waals surface area contributed by atoms with E-state index < -0.39 is 11.6 Å². The van der Waals surface area contributed by atoms with Crippen molar-refractivity contribution in [1.82, 2.24) is 10.2 Å². The Labute approximate surface area is 146 Å². The molecule has 1 N–H and O–H groups in total. The van der Waals surface area contributed by atoms with Crippen molar-refractivity contribution in [2.45, 2.75) is 19.4 Å². The predicted octanol–water partition coefficient (Wildman–Crippen LogP) is 3.78. The molecule has 132 valence electrons. The van der Waals surface area contributed by atoms with E-state index in [2.05, 4.69) is 5.32 Å². The molecular formula is C20H22F2N2O. The van der Waals surface area contributed by atoms with E-state index in [0.29, 0.717) is 30.1 Å². The van der Waals surface area contributed by atoms with Crippen LogP contribution in [0.3, 0.4) is 0 Å². The first-order valence-corrected chi connectivity index (χ1v) is 8.57. The Balaban J connectivity index is 1.52. The van der Waals surface area contributed by atoms with Crippen LogP contribution in [0.15, 0.2) is 48.5 Å². The van der Waals surface area contributed by atoms with E-state index in [0.717, 1.165) is 19.0 Å². The Bertz CT molecular complexity index is 736. The van der Waals surface area contributed by atoms with Crippen molar-refractivity contribution >= 4 is 5.91 Å². The third-order valence-electron chi connectivity index (χ3n) is 4.74. The molecule has 0 aliphatic carbocycles. The van der Waals surface area contributed by atoms with Crippen LogP contribution in [0.5, 0.6) is 0 Å². The van der Waals surface area contributed by atoms with E-state index in [1.807, 2.05) is 42.2 Å². The zero-order chi connectivity index (χ0) is 17.8. The van der Waals surface area contributed by atoms with Crippen molar-refractivity contribution in [3.05, 3.63) is 71.3 Å². The summed E-state index contributed by atoms with van der Waals surface area (Å²) in [6.07, 6.45) is 0.921. The number of hydrogen-bond acceptors (Lipinski definition) is 2.